The van der Waals surface area contributed by atoms with Crippen LogP contribution in [0.2, 0.25) is 0 Å². The van der Waals surface area contributed by atoms with Crippen molar-refractivity contribution in [2.75, 3.05) is 19.6 Å². The van der Waals surface area contributed by atoms with Crippen LogP contribution in [0.3, 0.4) is 0 Å². The van der Waals surface area contributed by atoms with E-state index in [4.69, 9.17) is 4.52 Å². The van der Waals surface area contributed by atoms with Crippen LogP contribution < -0.4 is 5.32 Å². The predicted octanol–water partition coefficient (Wildman–Crippen LogP) is 2.77. The molecule has 3 rings (SSSR count). The van der Waals surface area contributed by atoms with E-state index >= 15 is 0 Å². The SMILES string of the molecule is CCCNC(=O)C1CCN(C(=O)c2cc(C)n(-c3cc(C)on3)c2C)CC1. The van der Waals surface area contributed by atoms with Gasteiger partial charge >= 0.3 is 0 Å². The monoisotopic (exact) mass is 372 g/mol. The summed E-state index contributed by atoms with van der Waals surface area (Å²) < 4.78 is 7.11. The Kier molecular flexibility index (Phi) is 5.68. The number of likely N-dealkylation sites (tertiary alicyclic amines) is 1. The quantitative estimate of drug-likeness (QED) is 0.875. The first-order chi connectivity index (χ1) is 12.9. The molecule has 1 saturated heterocycles. The molecule has 0 aliphatic carbocycles. The van der Waals surface area contributed by atoms with Gasteiger partial charge in [-0.15, -0.1) is 0 Å². The van der Waals surface area contributed by atoms with Crippen molar-refractivity contribution in [1.82, 2.24) is 19.9 Å². The molecule has 1 N–H and O–H groups in total. The van der Waals surface area contributed by atoms with Crippen molar-refractivity contribution in [1.29, 1.82) is 0 Å². The van der Waals surface area contributed by atoms with Crippen LogP contribution in [0, 0.1) is 26.7 Å². The summed E-state index contributed by atoms with van der Waals surface area (Å²) in [5.74, 6) is 1.55. The number of hydrogen-bond acceptors (Lipinski definition) is 4. The Labute approximate surface area is 159 Å². The lowest BCUT2D eigenvalue weighted by Gasteiger charge is -2.31. The Hall–Kier alpha value is -2.57. The molecule has 7 nitrogen and oxygen atoms in total. The van der Waals surface area contributed by atoms with Crippen molar-refractivity contribution >= 4 is 11.8 Å². The molecule has 0 unspecified atom stereocenters. The van der Waals surface area contributed by atoms with Crippen molar-refractivity contribution in [3.63, 3.8) is 0 Å². The van der Waals surface area contributed by atoms with Crippen LogP contribution in [-0.4, -0.2) is 46.1 Å². The number of aromatic nitrogens is 2. The normalized spacial score (nSPS) is 15.2. The molecule has 2 aromatic rings. The topological polar surface area (TPSA) is 80.4 Å². The zero-order valence-electron chi connectivity index (χ0n) is 16.5. The molecule has 1 aliphatic heterocycles. The summed E-state index contributed by atoms with van der Waals surface area (Å²) in [6.07, 6.45) is 2.36. The highest BCUT2D eigenvalue weighted by Crippen LogP contribution is 2.24. The fraction of sp³-hybridized carbons (Fsp3) is 0.550. The summed E-state index contributed by atoms with van der Waals surface area (Å²) in [4.78, 5) is 27.0. The van der Waals surface area contributed by atoms with Gasteiger partial charge in [-0.2, -0.15) is 0 Å². The van der Waals surface area contributed by atoms with Gasteiger partial charge in [0, 0.05) is 43.0 Å². The number of aryl methyl sites for hydroxylation is 2. The lowest BCUT2D eigenvalue weighted by atomic mass is 9.95. The molecular weight excluding hydrogens is 344 g/mol. The first kappa shape index (κ1) is 19.2. The van der Waals surface area contributed by atoms with Gasteiger partial charge in [0.25, 0.3) is 5.91 Å². The van der Waals surface area contributed by atoms with Crippen LogP contribution in [0.4, 0.5) is 0 Å². The van der Waals surface area contributed by atoms with Gasteiger partial charge in [-0.25, -0.2) is 0 Å². The third-order valence-corrected chi connectivity index (χ3v) is 5.21. The molecule has 0 saturated carbocycles. The highest BCUT2D eigenvalue weighted by atomic mass is 16.5. The minimum Gasteiger partial charge on any atom is -0.360 e. The third-order valence-electron chi connectivity index (χ3n) is 5.21. The number of nitrogens with zero attached hydrogens (tertiary/aromatic N) is 3. The molecule has 1 aliphatic rings. The molecule has 0 spiro atoms. The smallest absolute Gasteiger partial charge is 0.255 e. The molecule has 2 aromatic heterocycles. The molecule has 0 radical (unpaired) electrons. The maximum Gasteiger partial charge on any atom is 0.255 e. The number of carbonyl (C=O) groups excluding carboxylic acids is 2. The molecule has 146 valence electrons. The van der Waals surface area contributed by atoms with Gasteiger partial charge in [-0.1, -0.05) is 12.1 Å². The lowest BCUT2D eigenvalue weighted by molar-refractivity contribution is -0.126. The van der Waals surface area contributed by atoms with E-state index in [0.717, 1.165) is 23.6 Å². The molecule has 3 heterocycles. The Bertz CT molecular complexity index is 828. The Morgan fingerprint density at radius 2 is 1.93 bits per heavy atom. The third kappa shape index (κ3) is 3.91. The largest absolute Gasteiger partial charge is 0.360 e. The minimum atomic E-state index is 0.00568. The predicted molar refractivity (Wildman–Crippen MR) is 102 cm³/mol. The average molecular weight is 372 g/mol. The second-order valence-corrected chi connectivity index (χ2v) is 7.27. The molecule has 1 fully saturated rings. The summed E-state index contributed by atoms with van der Waals surface area (Å²) in [6, 6.07) is 3.76. The number of carbonyl (C=O) groups is 2. The number of nitrogens with one attached hydrogen (secondary N) is 1. The van der Waals surface area contributed by atoms with Crippen molar-refractivity contribution in [3.8, 4) is 5.82 Å². The average Bonchev–Trinajstić information content (AvgIpc) is 3.21. The highest BCUT2D eigenvalue weighted by molar-refractivity contribution is 5.96. The first-order valence-electron chi connectivity index (χ1n) is 9.62. The molecule has 0 aromatic carbocycles. The van der Waals surface area contributed by atoms with Gasteiger partial charge in [0.15, 0.2) is 5.82 Å². The van der Waals surface area contributed by atoms with Crippen LogP contribution in [0.15, 0.2) is 16.7 Å². The fourth-order valence-electron chi connectivity index (χ4n) is 3.70. The molecule has 0 atom stereocenters. The van der Waals surface area contributed by atoms with Crippen LogP contribution in [-0.2, 0) is 4.79 Å². The maximum absolute atomic E-state index is 13.0. The number of rotatable bonds is 5. The van der Waals surface area contributed by atoms with Gasteiger partial charge in [-0.3, -0.25) is 14.2 Å². The Morgan fingerprint density at radius 1 is 1.22 bits per heavy atom. The Morgan fingerprint density at radius 3 is 2.52 bits per heavy atom. The van der Waals surface area contributed by atoms with Crippen molar-refractivity contribution in [2.45, 2.75) is 47.0 Å². The van der Waals surface area contributed by atoms with Crippen molar-refractivity contribution in [2.24, 2.45) is 5.92 Å². The summed E-state index contributed by atoms with van der Waals surface area (Å²) >= 11 is 0. The van der Waals surface area contributed by atoms with Gasteiger partial charge in [0.1, 0.15) is 5.76 Å². The fourth-order valence-corrected chi connectivity index (χ4v) is 3.70. The van der Waals surface area contributed by atoms with Crippen LogP contribution in [0.5, 0.6) is 0 Å². The molecular formula is C20H28N4O3. The zero-order chi connectivity index (χ0) is 19.6. The summed E-state index contributed by atoms with van der Waals surface area (Å²) in [5, 5.41) is 7.02. The van der Waals surface area contributed by atoms with Gasteiger partial charge in [0.2, 0.25) is 5.91 Å². The maximum atomic E-state index is 13.0. The Balaban J connectivity index is 1.70. The van der Waals surface area contributed by atoms with Crippen LogP contribution in [0.1, 0.15) is 53.7 Å². The van der Waals surface area contributed by atoms with E-state index in [-0.39, 0.29) is 17.7 Å². The molecule has 7 heteroatoms. The van der Waals surface area contributed by atoms with Crippen molar-refractivity contribution in [3.05, 3.63) is 34.8 Å². The van der Waals surface area contributed by atoms with E-state index in [2.05, 4.69) is 10.5 Å². The highest BCUT2D eigenvalue weighted by Gasteiger charge is 2.29. The molecule has 0 bridgehead atoms. The summed E-state index contributed by atoms with van der Waals surface area (Å²) in [7, 11) is 0. The molecule has 27 heavy (non-hydrogen) atoms. The van der Waals surface area contributed by atoms with Crippen molar-refractivity contribution < 1.29 is 14.1 Å². The van der Waals surface area contributed by atoms with Gasteiger partial charge in [-0.05, 0) is 46.1 Å². The van der Waals surface area contributed by atoms with E-state index in [0.29, 0.717) is 43.9 Å². The van der Waals surface area contributed by atoms with Gasteiger partial charge < -0.3 is 14.7 Å². The van der Waals surface area contributed by atoms with E-state index in [1.54, 1.807) is 0 Å². The minimum absolute atomic E-state index is 0.00568. The summed E-state index contributed by atoms with van der Waals surface area (Å²) in [5.41, 5.74) is 2.48. The van der Waals surface area contributed by atoms with Crippen LogP contribution in [0.25, 0.3) is 5.82 Å². The lowest BCUT2D eigenvalue weighted by Crippen LogP contribution is -2.43. The summed E-state index contributed by atoms with van der Waals surface area (Å²) in [6.45, 7) is 9.69. The number of hydrogen-bond donors (Lipinski definition) is 1. The second-order valence-electron chi connectivity index (χ2n) is 7.27. The zero-order valence-corrected chi connectivity index (χ0v) is 16.5. The second kappa shape index (κ2) is 7.98. The number of amides is 2. The molecule has 2 amide bonds. The van der Waals surface area contributed by atoms with E-state index in [1.165, 1.54) is 0 Å². The van der Waals surface area contributed by atoms with E-state index in [1.807, 2.05) is 49.3 Å². The number of piperidine rings is 1. The van der Waals surface area contributed by atoms with Crippen LogP contribution >= 0.6 is 0 Å². The van der Waals surface area contributed by atoms with Gasteiger partial charge in [0.05, 0.1) is 5.56 Å². The van der Waals surface area contributed by atoms with E-state index < -0.39 is 0 Å². The standard InChI is InChI=1S/C20H28N4O3/c1-5-8-21-19(25)16-6-9-23(10-7-16)20(26)17-11-13(2)24(15(17)4)18-12-14(3)27-22-18/h11-12,16H,5-10H2,1-4H3,(H,21,25). The first-order valence-corrected chi connectivity index (χ1v) is 9.62. The van der Waals surface area contributed by atoms with E-state index in [9.17, 15) is 9.59 Å².